The number of hydrogen-bond acceptors (Lipinski definition) is 4. The first-order valence-electron chi connectivity index (χ1n) is 9.59. The van der Waals surface area contributed by atoms with Gasteiger partial charge in [0.25, 0.3) is 5.91 Å². The van der Waals surface area contributed by atoms with Gasteiger partial charge in [0, 0.05) is 29.7 Å². The molecule has 1 heterocycles. The molecule has 0 saturated heterocycles. The van der Waals surface area contributed by atoms with Gasteiger partial charge in [-0.1, -0.05) is 29.8 Å². The van der Waals surface area contributed by atoms with Gasteiger partial charge in [0.05, 0.1) is 0 Å². The number of aromatic nitrogens is 2. The highest BCUT2D eigenvalue weighted by Crippen LogP contribution is 2.29. The second-order valence-electron chi connectivity index (χ2n) is 7.17. The highest BCUT2D eigenvalue weighted by molar-refractivity contribution is 6.31. The molecule has 2 unspecified atom stereocenters. The van der Waals surface area contributed by atoms with Gasteiger partial charge in [-0.3, -0.25) is 15.2 Å². The lowest BCUT2D eigenvalue weighted by atomic mass is 10.1. The largest absolute Gasteiger partial charge is 0.432 e. The van der Waals surface area contributed by atoms with Crippen LogP contribution in [-0.4, -0.2) is 34.3 Å². The number of anilines is 1. The van der Waals surface area contributed by atoms with Gasteiger partial charge in [-0.25, -0.2) is 8.78 Å². The Bertz CT molecular complexity index is 1140. The summed E-state index contributed by atoms with van der Waals surface area (Å²) in [6, 6.07) is 9.80. The van der Waals surface area contributed by atoms with Crippen LogP contribution in [-0.2, 0) is 6.18 Å². The molecule has 0 bridgehead atoms. The number of benzene rings is 2. The molecule has 2 aromatic carbocycles. The Morgan fingerprint density at radius 2 is 1.82 bits per heavy atom. The van der Waals surface area contributed by atoms with Crippen molar-refractivity contribution in [1.82, 2.24) is 20.4 Å². The third-order valence-corrected chi connectivity index (χ3v) is 5.17. The fourth-order valence-corrected chi connectivity index (χ4v) is 3.33. The Morgan fingerprint density at radius 1 is 1.12 bits per heavy atom. The van der Waals surface area contributed by atoms with Gasteiger partial charge in [0.2, 0.25) is 0 Å². The average Bonchev–Trinajstić information content (AvgIpc) is 3.23. The minimum Gasteiger partial charge on any atom is -0.336 e. The highest BCUT2D eigenvalue weighted by atomic mass is 35.5. The summed E-state index contributed by atoms with van der Waals surface area (Å²) in [6.07, 6.45) is -5.75. The van der Waals surface area contributed by atoms with Crippen LogP contribution in [0.1, 0.15) is 34.6 Å². The first-order valence-corrected chi connectivity index (χ1v) is 9.97. The lowest BCUT2D eigenvalue weighted by Gasteiger charge is -2.32. The van der Waals surface area contributed by atoms with Crippen molar-refractivity contribution in [3.8, 4) is 0 Å². The molecule has 0 fully saturated rings. The number of carbonyl (C=O) groups is 1. The first-order chi connectivity index (χ1) is 15.5. The lowest BCUT2D eigenvalue weighted by molar-refractivity contribution is -0.141. The van der Waals surface area contributed by atoms with E-state index in [-0.39, 0.29) is 11.4 Å². The molecular formula is C21H19ClF5N5O. The number of rotatable bonds is 7. The standard InChI is InChI=1S/C21H19ClF5N5O/c1-11(13-5-3-4-6-14(13)22)28-20(29-18-10-17(30-31-18)21(25,26)27)32(2)19(33)12-7-8-15(23)16(24)9-12/h3-11,20,28H,1-2H3,(H2,29,30,31). The maximum absolute atomic E-state index is 13.6. The number of halogens is 6. The Kier molecular flexibility index (Phi) is 7.23. The van der Waals surface area contributed by atoms with Crippen molar-refractivity contribution >= 4 is 23.3 Å². The summed E-state index contributed by atoms with van der Waals surface area (Å²) in [5.41, 5.74) is -0.580. The molecule has 0 aliphatic heterocycles. The van der Waals surface area contributed by atoms with Crippen molar-refractivity contribution in [1.29, 1.82) is 0 Å². The zero-order valence-electron chi connectivity index (χ0n) is 17.3. The maximum Gasteiger partial charge on any atom is 0.432 e. The van der Waals surface area contributed by atoms with Crippen LogP contribution in [0.3, 0.4) is 0 Å². The second-order valence-corrected chi connectivity index (χ2v) is 7.57. The molecule has 3 N–H and O–H groups in total. The fraction of sp³-hybridized carbons (Fsp3) is 0.238. The summed E-state index contributed by atoms with van der Waals surface area (Å²) in [5.74, 6) is -3.25. The van der Waals surface area contributed by atoms with E-state index in [1.807, 2.05) is 5.10 Å². The summed E-state index contributed by atoms with van der Waals surface area (Å²) >= 11 is 6.23. The van der Waals surface area contributed by atoms with Crippen molar-refractivity contribution < 1.29 is 26.7 Å². The Morgan fingerprint density at radius 3 is 2.42 bits per heavy atom. The Balaban J connectivity index is 1.89. The van der Waals surface area contributed by atoms with Crippen molar-refractivity contribution in [2.24, 2.45) is 0 Å². The summed E-state index contributed by atoms with van der Waals surface area (Å²) < 4.78 is 65.7. The molecule has 0 aliphatic carbocycles. The predicted octanol–water partition coefficient (Wildman–Crippen LogP) is 5.18. The van der Waals surface area contributed by atoms with Gasteiger partial charge in [-0.2, -0.15) is 18.3 Å². The van der Waals surface area contributed by atoms with Gasteiger partial charge >= 0.3 is 6.18 Å². The minimum absolute atomic E-state index is 0.159. The summed E-state index contributed by atoms with van der Waals surface area (Å²) in [4.78, 5) is 14.0. The van der Waals surface area contributed by atoms with Crippen LogP contribution >= 0.6 is 11.6 Å². The quantitative estimate of drug-likeness (QED) is 0.317. The summed E-state index contributed by atoms with van der Waals surface area (Å²) in [6.45, 7) is 1.73. The smallest absolute Gasteiger partial charge is 0.336 e. The lowest BCUT2D eigenvalue weighted by Crippen LogP contribution is -2.52. The number of amides is 1. The third-order valence-electron chi connectivity index (χ3n) is 4.82. The monoisotopic (exact) mass is 487 g/mol. The molecule has 6 nitrogen and oxygen atoms in total. The normalized spacial score (nSPS) is 13.5. The third kappa shape index (κ3) is 5.79. The van der Waals surface area contributed by atoms with Gasteiger partial charge < -0.3 is 10.2 Å². The summed E-state index contributed by atoms with van der Waals surface area (Å²) in [5, 5.41) is 11.7. The van der Waals surface area contributed by atoms with Crippen LogP contribution in [0.2, 0.25) is 5.02 Å². The van der Waals surface area contributed by atoms with Gasteiger partial charge in [-0.05, 0) is 36.8 Å². The fourth-order valence-electron chi connectivity index (χ4n) is 3.03. The molecule has 0 radical (unpaired) electrons. The zero-order chi connectivity index (χ0) is 24.3. The van der Waals surface area contributed by atoms with E-state index in [0.29, 0.717) is 10.6 Å². The van der Waals surface area contributed by atoms with E-state index in [1.165, 1.54) is 7.05 Å². The number of nitrogens with zero attached hydrogens (tertiary/aromatic N) is 2. The second kappa shape index (κ2) is 9.75. The van der Waals surface area contributed by atoms with Crippen LogP contribution in [0.4, 0.5) is 27.8 Å². The highest BCUT2D eigenvalue weighted by Gasteiger charge is 2.34. The van der Waals surface area contributed by atoms with Crippen molar-refractivity contribution in [3.63, 3.8) is 0 Å². The number of carbonyl (C=O) groups excluding carboxylic acids is 1. The van der Waals surface area contributed by atoms with Crippen LogP contribution in [0.5, 0.6) is 0 Å². The molecule has 12 heteroatoms. The molecule has 1 amide bonds. The molecule has 0 aliphatic rings. The Labute approximate surface area is 190 Å². The van der Waals surface area contributed by atoms with E-state index < -0.39 is 41.7 Å². The number of aromatic amines is 1. The van der Waals surface area contributed by atoms with E-state index in [4.69, 9.17) is 11.6 Å². The van der Waals surface area contributed by atoms with E-state index in [9.17, 15) is 26.7 Å². The summed E-state index contributed by atoms with van der Waals surface area (Å²) in [7, 11) is 1.34. The van der Waals surface area contributed by atoms with E-state index in [1.54, 1.807) is 31.2 Å². The maximum atomic E-state index is 13.6. The minimum atomic E-state index is -4.64. The number of nitrogens with one attached hydrogen (secondary N) is 3. The van der Waals surface area contributed by atoms with Crippen LogP contribution in [0.15, 0.2) is 48.5 Å². The van der Waals surface area contributed by atoms with Gasteiger partial charge in [0.15, 0.2) is 23.7 Å². The molecular weight excluding hydrogens is 469 g/mol. The van der Waals surface area contributed by atoms with E-state index in [2.05, 4.69) is 15.7 Å². The van der Waals surface area contributed by atoms with Crippen LogP contribution in [0.25, 0.3) is 0 Å². The number of hydrogen-bond donors (Lipinski definition) is 3. The molecule has 3 aromatic rings. The average molecular weight is 488 g/mol. The van der Waals surface area contributed by atoms with Crippen LogP contribution < -0.4 is 10.6 Å². The van der Waals surface area contributed by atoms with Crippen LogP contribution in [0, 0.1) is 11.6 Å². The van der Waals surface area contributed by atoms with E-state index >= 15 is 0 Å². The topological polar surface area (TPSA) is 73.0 Å². The SMILES string of the molecule is CC(NC(Nc1cc(C(F)(F)F)[nH]n1)N(C)C(=O)c1ccc(F)c(F)c1)c1ccccc1Cl. The molecule has 33 heavy (non-hydrogen) atoms. The van der Waals surface area contributed by atoms with Gasteiger partial charge in [-0.15, -0.1) is 0 Å². The van der Waals surface area contributed by atoms with E-state index in [0.717, 1.165) is 29.2 Å². The first kappa shape index (κ1) is 24.5. The molecule has 3 rings (SSSR count). The molecule has 1 aromatic heterocycles. The molecule has 2 atom stereocenters. The number of H-pyrrole nitrogens is 1. The number of alkyl halides is 3. The zero-order valence-corrected chi connectivity index (χ0v) is 18.1. The molecule has 0 spiro atoms. The van der Waals surface area contributed by atoms with Crippen molar-refractivity contribution in [2.45, 2.75) is 25.4 Å². The van der Waals surface area contributed by atoms with Crippen molar-refractivity contribution in [3.05, 3.63) is 82.0 Å². The van der Waals surface area contributed by atoms with Crippen molar-refractivity contribution in [2.75, 3.05) is 12.4 Å². The predicted molar refractivity (Wildman–Crippen MR) is 112 cm³/mol. The Hall–Kier alpha value is -3.18. The van der Waals surface area contributed by atoms with Gasteiger partial charge in [0.1, 0.15) is 5.69 Å². The molecule has 176 valence electrons. The molecule has 0 saturated carbocycles.